The molecule has 0 aliphatic rings. The first kappa shape index (κ1) is 16.6. The van der Waals surface area contributed by atoms with Crippen molar-refractivity contribution in [2.24, 2.45) is 5.73 Å². The van der Waals surface area contributed by atoms with Crippen molar-refractivity contribution in [3.63, 3.8) is 0 Å². The highest BCUT2D eigenvalue weighted by Gasteiger charge is 2.25. The van der Waals surface area contributed by atoms with E-state index in [9.17, 15) is 14.4 Å². The number of carbonyl (C=O) groups excluding carboxylic acids is 2. The Bertz CT molecular complexity index is 500. The van der Waals surface area contributed by atoms with Gasteiger partial charge in [-0.2, -0.15) is 0 Å². The van der Waals surface area contributed by atoms with Crippen LogP contribution in [0, 0.1) is 0 Å². The molecule has 0 saturated carbocycles. The predicted octanol–water partition coefficient (Wildman–Crippen LogP) is -1.63. The second-order valence-electron chi connectivity index (χ2n) is 4.70. The minimum Gasteiger partial charge on any atom is -0.480 e. The molecular weight excluding hydrogens is 278 g/mol. The lowest BCUT2D eigenvalue weighted by Gasteiger charge is -2.19. The van der Waals surface area contributed by atoms with E-state index in [4.69, 9.17) is 10.8 Å². The molecule has 0 aliphatic carbocycles. The van der Waals surface area contributed by atoms with Gasteiger partial charge in [-0.15, -0.1) is 0 Å². The Morgan fingerprint density at radius 3 is 2.48 bits per heavy atom. The number of carboxylic acids is 1. The molecule has 0 aromatic carbocycles. The van der Waals surface area contributed by atoms with Gasteiger partial charge in [0.1, 0.15) is 12.1 Å². The van der Waals surface area contributed by atoms with Gasteiger partial charge in [-0.05, 0) is 13.8 Å². The lowest BCUT2D eigenvalue weighted by atomic mass is 10.1. The molecule has 1 rings (SSSR count). The number of amides is 2. The Hall–Kier alpha value is -2.42. The average molecular weight is 297 g/mol. The Balaban J connectivity index is 2.60. The third-order valence-electron chi connectivity index (χ3n) is 2.76. The van der Waals surface area contributed by atoms with Crippen LogP contribution in [-0.4, -0.2) is 51.0 Å². The highest BCUT2D eigenvalue weighted by molar-refractivity contribution is 5.91. The van der Waals surface area contributed by atoms with Crippen LogP contribution in [0.4, 0.5) is 0 Å². The number of hydrogen-bond donors (Lipinski definition) is 5. The van der Waals surface area contributed by atoms with Crippen molar-refractivity contribution in [2.45, 2.75) is 38.4 Å². The Labute approximate surface area is 121 Å². The smallest absolute Gasteiger partial charge is 0.326 e. The molecule has 1 aromatic rings. The summed E-state index contributed by atoms with van der Waals surface area (Å²) >= 11 is 0. The van der Waals surface area contributed by atoms with E-state index in [1.54, 1.807) is 0 Å². The number of aromatic nitrogens is 2. The summed E-state index contributed by atoms with van der Waals surface area (Å²) < 4.78 is 0. The van der Waals surface area contributed by atoms with E-state index in [2.05, 4.69) is 20.6 Å². The van der Waals surface area contributed by atoms with E-state index in [0.29, 0.717) is 5.69 Å². The zero-order valence-electron chi connectivity index (χ0n) is 11.8. The highest BCUT2D eigenvalue weighted by Crippen LogP contribution is 1.99. The first-order valence-corrected chi connectivity index (χ1v) is 6.37. The van der Waals surface area contributed by atoms with Gasteiger partial charge in [0, 0.05) is 18.3 Å². The van der Waals surface area contributed by atoms with E-state index >= 15 is 0 Å². The van der Waals surface area contributed by atoms with Gasteiger partial charge in [-0.1, -0.05) is 0 Å². The molecule has 9 heteroatoms. The molecule has 0 bridgehead atoms. The van der Waals surface area contributed by atoms with Crippen LogP contribution < -0.4 is 16.4 Å². The molecular formula is C12H19N5O4. The summed E-state index contributed by atoms with van der Waals surface area (Å²) in [6.07, 6.45) is 2.96. The van der Waals surface area contributed by atoms with Gasteiger partial charge in [0.15, 0.2) is 0 Å². The van der Waals surface area contributed by atoms with Crippen LogP contribution in [0.15, 0.2) is 12.5 Å². The van der Waals surface area contributed by atoms with Crippen LogP contribution >= 0.6 is 0 Å². The van der Waals surface area contributed by atoms with E-state index in [0.717, 1.165) is 0 Å². The van der Waals surface area contributed by atoms with Gasteiger partial charge in [-0.3, -0.25) is 9.59 Å². The third kappa shape index (κ3) is 5.22. The van der Waals surface area contributed by atoms with Crippen molar-refractivity contribution in [3.8, 4) is 0 Å². The molecule has 116 valence electrons. The summed E-state index contributed by atoms with van der Waals surface area (Å²) in [5.74, 6) is -2.27. The number of aromatic amines is 1. The van der Waals surface area contributed by atoms with Crippen LogP contribution in [0.2, 0.25) is 0 Å². The third-order valence-corrected chi connectivity index (χ3v) is 2.76. The molecule has 0 saturated heterocycles. The second-order valence-corrected chi connectivity index (χ2v) is 4.70. The highest BCUT2D eigenvalue weighted by atomic mass is 16.4. The van der Waals surface area contributed by atoms with Crippen molar-refractivity contribution in [3.05, 3.63) is 18.2 Å². The zero-order valence-corrected chi connectivity index (χ0v) is 11.8. The monoisotopic (exact) mass is 297 g/mol. The van der Waals surface area contributed by atoms with Crippen LogP contribution in [0.1, 0.15) is 19.5 Å². The van der Waals surface area contributed by atoms with E-state index in [1.165, 1.54) is 26.4 Å². The normalized spacial score (nSPS) is 14.8. The lowest BCUT2D eigenvalue weighted by molar-refractivity contribution is -0.142. The summed E-state index contributed by atoms with van der Waals surface area (Å²) in [5, 5.41) is 13.9. The number of rotatable bonds is 7. The van der Waals surface area contributed by atoms with Gasteiger partial charge in [0.2, 0.25) is 11.8 Å². The quantitative estimate of drug-likeness (QED) is 0.408. The zero-order chi connectivity index (χ0) is 16.0. The molecule has 0 fully saturated rings. The fourth-order valence-corrected chi connectivity index (χ4v) is 1.52. The van der Waals surface area contributed by atoms with Crippen LogP contribution in [0.3, 0.4) is 0 Å². The van der Waals surface area contributed by atoms with Gasteiger partial charge >= 0.3 is 5.97 Å². The maximum Gasteiger partial charge on any atom is 0.326 e. The molecule has 1 heterocycles. The van der Waals surface area contributed by atoms with E-state index in [-0.39, 0.29) is 6.42 Å². The predicted molar refractivity (Wildman–Crippen MR) is 73.1 cm³/mol. The van der Waals surface area contributed by atoms with Crippen molar-refractivity contribution in [1.29, 1.82) is 0 Å². The number of nitrogens with zero attached hydrogens (tertiary/aromatic N) is 1. The molecule has 2 amide bonds. The first-order chi connectivity index (χ1) is 9.81. The molecule has 3 atom stereocenters. The fourth-order valence-electron chi connectivity index (χ4n) is 1.52. The first-order valence-electron chi connectivity index (χ1n) is 6.37. The standard InChI is InChI=1S/C12H19N5O4/c1-6(13)10(18)16-7(2)11(19)17-9(12(20)21)3-8-4-14-5-15-8/h4-7,9H,3,13H2,1-2H3,(H,14,15)(H,16,18)(H,17,19)(H,20,21). The number of nitrogens with two attached hydrogens (primary N) is 1. The summed E-state index contributed by atoms with van der Waals surface area (Å²) in [6.45, 7) is 2.93. The fraction of sp³-hybridized carbons (Fsp3) is 0.500. The van der Waals surface area contributed by atoms with Gasteiger partial charge in [0.05, 0.1) is 12.4 Å². The summed E-state index contributed by atoms with van der Waals surface area (Å²) in [6, 6.07) is -2.75. The van der Waals surface area contributed by atoms with Crippen molar-refractivity contribution < 1.29 is 19.5 Å². The SMILES string of the molecule is CC(N)C(=O)NC(C)C(=O)NC(Cc1cnc[nH]1)C(=O)O. The summed E-state index contributed by atoms with van der Waals surface area (Å²) in [5.41, 5.74) is 5.95. The summed E-state index contributed by atoms with van der Waals surface area (Å²) in [7, 11) is 0. The largest absolute Gasteiger partial charge is 0.480 e. The molecule has 0 spiro atoms. The Kier molecular flexibility index (Phi) is 5.85. The van der Waals surface area contributed by atoms with E-state index < -0.39 is 35.9 Å². The molecule has 0 radical (unpaired) electrons. The topological polar surface area (TPSA) is 150 Å². The Morgan fingerprint density at radius 2 is 2.00 bits per heavy atom. The number of carbonyl (C=O) groups is 3. The number of imidazole rings is 1. The lowest BCUT2D eigenvalue weighted by Crippen LogP contribution is -2.53. The average Bonchev–Trinajstić information content (AvgIpc) is 2.90. The van der Waals surface area contributed by atoms with Crippen LogP contribution in [0.25, 0.3) is 0 Å². The minimum atomic E-state index is -1.18. The van der Waals surface area contributed by atoms with Crippen LogP contribution in [0.5, 0.6) is 0 Å². The maximum atomic E-state index is 11.9. The number of hydrogen-bond acceptors (Lipinski definition) is 5. The number of carboxylic acid groups (broad SMARTS) is 1. The van der Waals surface area contributed by atoms with Crippen molar-refractivity contribution in [2.75, 3.05) is 0 Å². The molecule has 1 aromatic heterocycles. The Morgan fingerprint density at radius 1 is 1.33 bits per heavy atom. The molecule has 3 unspecified atom stereocenters. The maximum absolute atomic E-state index is 11.9. The van der Waals surface area contributed by atoms with Crippen molar-refractivity contribution >= 4 is 17.8 Å². The molecule has 0 aliphatic heterocycles. The molecule has 6 N–H and O–H groups in total. The number of nitrogens with one attached hydrogen (secondary N) is 3. The molecule has 21 heavy (non-hydrogen) atoms. The van der Waals surface area contributed by atoms with Crippen molar-refractivity contribution in [1.82, 2.24) is 20.6 Å². The van der Waals surface area contributed by atoms with Gasteiger partial charge in [0.25, 0.3) is 0 Å². The van der Waals surface area contributed by atoms with Gasteiger partial charge < -0.3 is 26.5 Å². The summed E-state index contributed by atoms with van der Waals surface area (Å²) in [4.78, 5) is 41.0. The number of aliphatic carboxylic acids is 1. The van der Waals surface area contributed by atoms with E-state index in [1.807, 2.05) is 0 Å². The minimum absolute atomic E-state index is 0.0645. The van der Waals surface area contributed by atoms with Crippen LogP contribution in [-0.2, 0) is 20.8 Å². The molecule has 9 nitrogen and oxygen atoms in total. The second kappa shape index (κ2) is 7.39. The van der Waals surface area contributed by atoms with Gasteiger partial charge in [-0.25, -0.2) is 9.78 Å². The number of H-pyrrole nitrogens is 1.